The van der Waals surface area contributed by atoms with E-state index in [1.54, 1.807) is 0 Å². The van der Waals surface area contributed by atoms with Gasteiger partial charge in [0.1, 0.15) is 12.2 Å². The smallest absolute Gasteiger partial charge is 0.149 e. The van der Waals surface area contributed by atoms with Gasteiger partial charge in [0.05, 0.1) is 6.04 Å². The van der Waals surface area contributed by atoms with E-state index < -0.39 is 0 Å². The maximum Gasteiger partial charge on any atom is 0.149 e. The monoisotopic (exact) mass is 194 g/mol. The van der Waals surface area contributed by atoms with Gasteiger partial charge in [0.2, 0.25) is 0 Å². The molecule has 0 radical (unpaired) electrons. The molecule has 0 aromatic carbocycles. The average Bonchev–Trinajstić information content (AvgIpc) is 2.52. The second kappa shape index (κ2) is 4.55. The summed E-state index contributed by atoms with van der Waals surface area (Å²) in [7, 11) is 0. The van der Waals surface area contributed by atoms with Crippen LogP contribution in [0.15, 0.2) is 6.33 Å². The third kappa shape index (κ3) is 1.95. The first kappa shape index (κ1) is 9.65. The predicted molar refractivity (Wildman–Crippen MR) is 54.9 cm³/mol. The summed E-state index contributed by atoms with van der Waals surface area (Å²) in [6, 6.07) is 0.417. The normalized spacial score (nSPS) is 23.4. The van der Waals surface area contributed by atoms with E-state index in [9.17, 15) is 0 Å². The quantitative estimate of drug-likeness (QED) is 0.776. The van der Waals surface area contributed by atoms with Crippen molar-refractivity contribution in [2.24, 2.45) is 0 Å². The molecule has 0 spiro atoms. The van der Waals surface area contributed by atoms with Crippen LogP contribution in [0.5, 0.6) is 0 Å². The van der Waals surface area contributed by atoms with Crippen molar-refractivity contribution in [3.05, 3.63) is 12.2 Å². The lowest BCUT2D eigenvalue weighted by Crippen LogP contribution is -2.23. The summed E-state index contributed by atoms with van der Waals surface area (Å²) in [4.78, 5) is 0. The predicted octanol–water partition coefficient (Wildman–Crippen LogP) is 1.50. The Balaban J connectivity index is 2.11. The zero-order valence-electron chi connectivity index (χ0n) is 8.74. The van der Waals surface area contributed by atoms with Gasteiger partial charge in [-0.1, -0.05) is 12.8 Å². The fraction of sp³-hybridized carbons (Fsp3) is 0.800. The molecule has 1 unspecified atom stereocenters. The highest BCUT2D eigenvalue weighted by Gasteiger charge is 2.18. The van der Waals surface area contributed by atoms with E-state index in [0.29, 0.717) is 6.04 Å². The van der Waals surface area contributed by atoms with Crippen molar-refractivity contribution in [3.63, 3.8) is 0 Å². The fourth-order valence-corrected chi connectivity index (χ4v) is 2.03. The Bertz CT molecular complexity index is 273. The highest BCUT2D eigenvalue weighted by Crippen LogP contribution is 2.20. The van der Waals surface area contributed by atoms with Gasteiger partial charge in [0.15, 0.2) is 0 Å². The lowest BCUT2D eigenvalue weighted by Gasteiger charge is -2.15. The molecule has 1 N–H and O–H groups in total. The van der Waals surface area contributed by atoms with Crippen molar-refractivity contribution < 1.29 is 0 Å². The van der Waals surface area contributed by atoms with Gasteiger partial charge in [-0.05, 0) is 26.3 Å². The fourth-order valence-electron chi connectivity index (χ4n) is 2.03. The molecule has 0 bridgehead atoms. The summed E-state index contributed by atoms with van der Waals surface area (Å²) < 4.78 is 2.13. The van der Waals surface area contributed by atoms with E-state index in [1.807, 2.05) is 6.33 Å². The molecule has 14 heavy (non-hydrogen) atoms. The molecule has 1 aromatic rings. The Morgan fingerprint density at radius 1 is 1.50 bits per heavy atom. The largest absolute Gasteiger partial charge is 0.317 e. The van der Waals surface area contributed by atoms with Crippen LogP contribution < -0.4 is 5.32 Å². The molecular formula is C10H18N4. The third-order valence-corrected chi connectivity index (χ3v) is 2.86. The number of rotatable bonds is 2. The molecular weight excluding hydrogens is 176 g/mol. The van der Waals surface area contributed by atoms with Gasteiger partial charge in [0.25, 0.3) is 0 Å². The molecule has 4 nitrogen and oxygen atoms in total. The summed E-state index contributed by atoms with van der Waals surface area (Å²) in [5, 5.41) is 11.7. The van der Waals surface area contributed by atoms with Crippen molar-refractivity contribution in [1.82, 2.24) is 20.1 Å². The Morgan fingerprint density at radius 2 is 2.43 bits per heavy atom. The first-order valence-electron chi connectivity index (χ1n) is 5.53. The van der Waals surface area contributed by atoms with Gasteiger partial charge in [-0.2, -0.15) is 0 Å². The number of aryl methyl sites for hydroxylation is 1. The molecule has 1 atom stereocenters. The first-order chi connectivity index (χ1) is 6.92. The van der Waals surface area contributed by atoms with E-state index in [-0.39, 0.29) is 0 Å². The van der Waals surface area contributed by atoms with Crippen LogP contribution in [0.4, 0.5) is 0 Å². The van der Waals surface area contributed by atoms with Crippen LogP contribution in [0.1, 0.15) is 44.5 Å². The van der Waals surface area contributed by atoms with Crippen molar-refractivity contribution >= 4 is 0 Å². The molecule has 78 valence electrons. The van der Waals surface area contributed by atoms with Crippen molar-refractivity contribution in [2.45, 2.75) is 45.2 Å². The summed E-state index contributed by atoms with van der Waals surface area (Å²) >= 11 is 0. The first-order valence-corrected chi connectivity index (χ1v) is 5.53. The summed E-state index contributed by atoms with van der Waals surface area (Å²) in [5.74, 6) is 1.11. The molecule has 1 aliphatic heterocycles. The highest BCUT2D eigenvalue weighted by atomic mass is 15.3. The van der Waals surface area contributed by atoms with E-state index >= 15 is 0 Å². The maximum atomic E-state index is 4.20. The van der Waals surface area contributed by atoms with Gasteiger partial charge in [-0.15, -0.1) is 10.2 Å². The van der Waals surface area contributed by atoms with Gasteiger partial charge in [-0.3, -0.25) is 0 Å². The van der Waals surface area contributed by atoms with Crippen molar-refractivity contribution in [1.29, 1.82) is 0 Å². The molecule has 4 heteroatoms. The molecule has 0 aliphatic carbocycles. The van der Waals surface area contributed by atoms with Crippen LogP contribution >= 0.6 is 0 Å². The number of hydrogen-bond donors (Lipinski definition) is 1. The summed E-state index contributed by atoms with van der Waals surface area (Å²) in [6.07, 6.45) is 6.94. The van der Waals surface area contributed by atoms with Crippen LogP contribution in [0.3, 0.4) is 0 Å². The highest BCUT2D eigenvalue weighted by molar-refractivity contribution is 4.95. The molecule has 1 aliphatic rings. The van der Waals surface area contributed by atoms with E-state index in [0.717, 1.165) is 18.9 Å². The van der Waals surface area contributed by atoms with Crippen LogP contribution in [0.25, 0.3) is 0 Å². The molecule has 1 aromatic heterocycles. The van der Waals surface area contributed by atoms with E-state index in [1.165, 1.54) is 25.7 Å². The SMILES string of the molecule is CCn1cnnc1C1CCCCCN1. The molecule has 1 fully saturated rings. The maximum absolute atomic E-state index is 4.20. The Hall–Kier alpha value is -0.900. The second-order valence-corrected chi connectivity index (χ2v) is 3.83. The number of nitrogens with zero attached hydrogens (tertiary/aromatic N) is 3. The average molecular weight is 194 g/mol. The van der Waals surface area contributed by atoms with Crippen LogP contribution in [0, 0.1) is 0 Å². The van der Waals surface area contributed by atoms with Crippen molar-refractivity contribution in [3.8, 4) is 0 Å². The summed E-state index contributed by atoms with van der Waals surface area (Å²) in [5.41, 5.74) is 0. The summed E-state index contributed by atoms with van der Waals surface area (Å²) in [6.45, 7) is 4.20. The molecule has 0 saturated carbocycles. The lowest BCUT2D eigenvalue weighted by molar-refractivity contribution is 0.482. The molecule has 2 heterocycles. The van der Waals surface area contributed by atoms with Crippen LogP contribution in [-0.4, -0.2) is 21.3 Å². The van der Waals surface area contributed by atoms with Gasteiger partial charge in [0, 0.05) is 6.54 Å². The van der Waals surface area contributed by atoms with Crippen molar-refractivity contribution in [2.75, 3.05) is 6.54 Å². The lowest BCUT2D eigenvalue weighted by atomic mass is 10.1. The van der Waals surface area contributed by atoms with Crippen LogP contribution in [0.2, 0.25) is 0 Å². The zero-order chi connectivity index (χ0) is 9.80. The zero-order valence-corrected chi connectivity index (χ0v) is 8.74. The minimum absolute atomic E-state index is 0.417. The number of aromatic nitrogens is 3. The van der Waals surface area contributed by atoms with Gasteiger partial charge in [-0.25, -0.2) is 0 Å². The minimum Gasteiger partial charge on any atom is -0.317 e. The molecule has 0 amide bonds. The van der Waals surface area contributed by atoms with E-state index in [2.05, 4.69) is 27.0 Å². The Kier molecular flexibility index (Phi) is 3.14. The standard InChI is InChI=1S/C10H18N4/c1-2-14-8-12-13-10(14)9-6-4-3-5-7-11-9/h8-9,11H,2-7H2,1H3. The molecule has 1 saturated heterocycles. The number of nitrogens with one attached hydrogen (secondary N) is 1. The molecule has 2 rings (SSSR count). The Morgan fingerprint density at radius 3 is 3.29 bits per heavy atom. The number of hydrogen-bond acceptors (Lipinski definition) is 3. The third-order valence-electron chi connectivity index (χ3n) is 2.86. The minimum atomic E-state index is 0.417. The van der Waals surface area contributed by atoms with E-state index in [4.69, 9.17) is 0 Å². The van der Waals surface area contributed by atoms with Crippen LogP contribution in [-0.2, 0) is 6.54 Å². The Labute approximate surface area is 84.7 Å². The second-order valence-electron chi connectivity index (χ2n) is 3.83. The van der Waals surface area contributed by atoms with Gasteiger partial charge >= 0.3 is 0 Å². The topological polar surface area (TPSA) is 42.7 Å². The van der Waals surface area contributed by atoms with Gasteiger partial charge < -0.3 is 9.88 Å².